The molecule has 0 aromatic heterocycles. The second-order valence-electron chi connectivity index (χ2n) is 11.3. The van der Waals surface area contributed by atoms with Crippen LogP contribution in [0.2, 0.25) is 10.0 Å². The predicted molar refractivity (Wildman–Crippen MR) is 162 cm³/mol. The summed E-state index contributed by atoms with van der Waals surface area (Å²) in [7, 11) is 0. The molecule has 3 aromatic rings. The van der Waals surface area contributed by atoms with E-state index in [1.54, 1.807) is 13.0 Å². The van der Waals surface area contributed by atoms with Crippen molar-refractivity contribution in [2.24, 2.45) is 5.92 Å². The molecule has 210 valence electrons. The smallest absolute Gasteiger partial charge is 0.231 e. The van der Waals surface area contributed by atoms with Gasteiger partial charge in [0.15, 0.2) is 0 Å². The van der Waals surface area contributed by atoms with Crippen LogP contribution in [0.15, 0.2) is 78.9 Å². The lowest BCUT2D eigenvalue weighted by Gasteiger charge is -2.43. The van der Waals surface area contributed by atoms with Crippen LogP contribution >= 0.6 is 23.2 Å². The fourth-order valence-electron chi connectivity index (χ4n) is 6.26. The lowest BCUT2D eigenvalue weighted by molar-refractivity contribution is -0.124. The molecule has 0 bridgehead atoms. The zero-order valence-corrected chi connectivity index (χ0v) is 24.5. The van der Waals surface area contributed by atoms with Gasteiger partial charge >= 0.3 is 0 Å². The van der Waals surface area contributed by atoms with Crippen molar-refractivity contribution >= 4 is 34.9 Å². The Labute approximate surface area is 247 Å². The van der Waals surface area contributed by atoms with Gasteiger partial charge in [-0.05, 0) is 67.3 Å². The third kappa shape index (κ3) is 6.28. The minimum Gasteiger partial charge on any atom is -0.355 e. The van der Waals surface area contributed by atoms with Gasteiger partial charge in [-0.2, -0.15) is 0 Å². The van der Waals surface area contributed by atoms with Gasteiger partial charge in [-0.3, -0.25) is 9.59 Å². The first-order chi connectivity index (χ1) is 19.3. The van der Waals surface area contributed by atoms with Crippen LogP contribution in [0.1, 0.15) is 42.9 Å². The summed E-state index contributed by atoms with van der Waals surface area (Å²) >= 11 is 12.6. The number of hydrogen-bond acceptors (Lipinski definition) is 4. The van der Waals surface area contributed by atoms with Crippen LogP contribution in [0.4, 0.5) is 0 Å². The molecular formula is C33H37Cl2N3O2. The number of benzene rings is 3. The molecule has 0 spiro atoms. The van der Waals surface area contributed by atoms with Gasteiger partial charge in [-0.1, -0.05) is 89.9 Å². The van der Waals surface area contributed by atoms with Crippen molar-refractivity contribution in [2.45, 2.75) is 43.6 Å². The molecule has 5 rings (SSSR count). The number of nitrogens with zero attached hydrogens (tertiary/aromatic N) is 1. The van der Waals surface area contributed by atoms with Crippen molar-refractivity contribution in [2.75, 3.05) is 32.7 Å². The summed E-state index contributed by atoms with van der Waals surface area (Å²) in [5.41, 5.74) is 2.54. The van der Waals surface area contributed by atoms with E-state index in [2.05, 4.69) is 51.9 Å². The zero-order chi connectivity index (χ0) is 28.2. The quantitative estimate of drug-likeness (QED) is 0.303. The maximum atomic E-state index is 13.8. The van der Waals surface area contributed by atoms with Crippen LogP contribution in [-0.2, 0) is 27.0 Å². The average Bonchev–Trinajstić information content (AvgIpc) is 3.70. The Morgan fingerprint density at radius 2 is 1.57 bits per heavy atom. The number of hydrogen-bond donors (Lipinski definition) is 2. The number of piperidine rings is 1. The molecule has 5 nitrogen and oxygen atoms in total. The standard InChI is InChI=1S/C33H37Cl2N3O2/c1-24(39)22-37-32(26-10-6-3-7-11-26)15-18-38(19-16-32)23-28-21-33(28,27-12-13-29(34)30(35)20-27)31(40)36-17-14-25-8-4-2-5-9-25/h2-13,20,28,37H,14-19,21-23H2,1H3,(H,36,40)/t28-,33+/m0/s1. The van der Waals surface area contributed by atoms with E-state index in [0.29, 0.717) is 23.1 Å². The van der Waals surface area contributed by atoms with Crippen LogP contribution < -0.4 is 10.6 Å². The molecule has 1 aliphatic carbocycles. The number of rotatable bonds is 11. The van der Waals surface area contributed by atoms with Gasteiger partial charge in [-0.15, -0.1) is 0 Å². The molecule has 2 aliphatic rings. The molecule has 2 atom stereocenters. The van der Waals surface area contributed by atoms with E-state index < -0.39 is 5.41 Å². The zero-order valence-electron chi connectivity index (χ0n) is 23.0. The molecular weight excluding hydrogens is 541 g/mol. The summed E-state index contributed by atoms with van der Waals surface area (Å²) < 4.78 is 0. The average molecular weight is 579 g/mol. The third-order valence-electron chi connectivity index (χ3n) is 8.68. The fourth-order valence-corrected chi connectivity index (χ4v) is 6.55. The molecule has 1 saturated carbocycles. The summed E-state index contributed by atoms with van der Waals surface area (Å²) in [6.45, 7) is 5.20. The molecule has 3 aromatic carbocycles. The molecule has 7 heteroatoms. The number of likely N-dealkylation sites (tertiary alicyclic amines) is 1. The monoisotopic (exact) mass is 577 g/mol. The first kappa shape index (κ1) is 28.8. The van der Waals surface area contributed by atoms with Gasteiger partial charge in [0.1, 0.15) is 5.78 Å². The van der Waals surface area contributed by atoms with Crippen LogP contribution in [0.3, 0.4) is 0 Å². The van der Waals surface area contributed by atoms with Crippen molar-refractivity contribution in [1.29, 1.82) is 0 Å². The van der Waals surface area contributed by atoms with Gasteiger partial charge in [-0.25, -0.2) is 0 Å². The van der Waals surface area contributed by atoms with Crippen LogP contribution in [0, 0.1) is 5.92 Å². The molecule has 1 saturated heterocycles. The van der Waals surface area contributed by atoms with Gasteiger partial charge in [0.25, 0.3) is 0 Å². The van der Waals surface area contributed by atoms with Gasteiger partial charge in [0.05, 0.1) is 22.0 Å². The van der Waals surface area contributed by atoms with Crippen molar-refractivity contribution in [1.82, 2.24) is 15.5 Å². The number of ketones is 1. The second kappa shape index (κ2) is 12.4. The Bertz CT molecular complexity index is 1330. The summed E-state index contributed by atoms with van der Waals surface area (Å²) in [5, 5.41) is 7.77. The maximum absolute atomic E-state index is 13.8. The fraction of sp³-hybridized carbons (Fsp3) is 0.394. The number of halogens is 2. The van der Waals surface area contributed by atoms with Crippen molar-refractivity contribution in [3.8, 4) is 0 Å². The van der Waals surface area contributed by atoms with E-state index in [1.165, 1.54) is 11.1 Å². The molecule has 1 heterocycles. The molecule has 2 N–H and O–H groups in total. The van der Waals surface area contributed by atoms with Crippen molar-refractivity contribution in [3.05, 3.63) is 106 Å². The molecule has 2 fully saturated rings. The second-order valence-corrected chi connectivity index (χ2v) is 12.1. The molecule has 0 unspecified atom stereocenters. The number of amides is 1. The van der Waals surface area contributed by atoms with E-state index in [9.17, 15) is 9.59 Å². The third-order valence-corrected chi connectivity index (χ3v) is 9.42. The van der Waals surface area contributed by atoms with Gasteiger partial charge in [0, 0.05) is 31.7 Å². The number of carbonyl (C=O) groups is 2. The Morgan fingerprint density at radius 1 is 0.900 bits per heavy atom. The van der Waals surface area contributed by atoms with E-state index in [-0.39, 0.29) is 23.1 Å². The van der Waals surface area contributed by atoms with Gasteiger partial charge in [0.2, 0.25) is 5.91 Å². The Balaban J connectivity index is 1.27. The highest BCUT2D eigenvalue weighted by molar-refractivity contribution is 6.42. The topological polar surface area (TPSA) is 61.4 Å². The first-order valence-electron chi connectivity index (χ1n) is 14.1. The highest BCUT2D eigenvalue weighted by Crippen LogP contribution is 2.56. The molecule has 0 radical (unpaired) electrons. The predicted octanol–water partition coefficient (Wildman–Crippen LogP) is 5.78. The number of nitrogens with one attached hydrogen (secondary N) is 2. The van der Waals surface area contributed by atoms with Gasteiger partial charge < -0.3 is 15.5 Å². The minimum absolute atomic E-state index is 0.0607. The first-order valence-corrected chi connectivity index (χ1v) is 14.9. The summed E-state index contributed by atoms with van der Waals surface area (Å²) in [6.07, 6.45) is 3.38. The van der Waals surface area contributed by atoms with E-state index >= 15 is 0 Å². The van der Waals surface area contributed by atoms with E-state index in [0.717, 1.165) is 50.9 Å². The molecule has 40 heavy (non-hydrogen) atoms. The number of Topliss-reactive ketones (excluding diaryl/α,β-unsaturated/α-hetero) is 1. The van der Waals surface area contributed by atoms with Crippen LogP contribution in [-0.4, -0.2) is 49.3 Å². The highest BCUT2D eigenvalue weighted by Gasteiger charge is 2.61. The molecule has 1 aliphatic heterocycles. The largest absolute Gasteiger partial charge is 0.355 e. The summed E-state index contributed by atoms with van der Waals surface area (Å²) in [4.78, 5) is 28.0. The van der Waals surface area contributed by atoms with Crippen molar-refractivity contribution in [3.63, 3.8) is 0 Å². The van der Waals surface area contributed by atoms with Crippen LogP contribution in [0.5, 0.6) is 0 Å². The Hall–Kier alpha value is -2.70. The highest BCUT2D eigenvalue weighted by atomic mass is 35.5. The number of carbonyl (C=O) groups excluding carboxylic acids is 2. The van der Waals surface area contributed by atoms with Crippen LogP contribution in [0.25, 0.3) is 0 Å². The Kier molecular flexibility index (Phi) is 8.96. The van der Waals surface area contributed by atoms with E-state index in [1.807, 2.05) is 36.4 Å². The van der Waals surface area contributed by atoms with Crippen molar-refractivity contribution < 1.29 is 9.59 Å². The minimum atomic E-state index is -0.605. The SMILES string of the molecule is CC(=O)CNC1(c2ccccc2)CCN(C[C@@H]2C[C@@]2(C(=O)NCCc2ccccc2)c2ccc(Cl)c(Cl)c2)CC1. The summed E-state index contributed by atoms with van der Waals surface area (Å²) in [5.74, 6) is 0.391. The normalized spacial score (nSPS) is 22.0. The molecule has 1 amide bonds. The maximum Gasteiger partial charge on any atom is 0.231 e. The lowest BCUT2D eigenvalue weighted by Crippen LogP contribution is -2.52. The lowest BCUT2D eigenvalue weighted by atomic mass is 9.80. The Morgan fingerprint density at radius 3 is 2.23 bits per heavy atom. The van der Waals surface area contributed by atoms with E-state index in [4.69, 9.17) is 23.2 Å². The summed E-state index contributed by atoms with van der Waals surface area (Å²) in [6, 6.07) is 26.3.